The molecule has 0 saturated heterocycles. The third-order valence-electron chi connectivity index (χ3n) is 2.62. The zero-order chi connectivity index (χ0) is 16.0. The third kappa shape index (κ3) is 5.17. The van der Waals surface area contributed by atoms with Crippen molar-refractivity contribution < 1.29 is 23.1 Å². The van der Waals surface area contributed by atoms with Crippen molar-refractivity contribution in [3.63, 3.8) is 0 Å². The van der Waals surface area contributed by atoms with E-state index in [0.717, 1.165) is 0 Å². The molecule has 1 aromatic carbocycles. The first-order chi connectivity index (χ1) is 9.81. The van der Waals surface area contributed by atoms with Gasteiger partial charge < -0.3 is 9.84 Å². The van der Waals surface area contributed by atoms with E-state index in [1.807, 2.05) is 6.26 Å². The molecular weight excluding hydrogens is 382 g/mol. The molecule has 21 heavy (non-hydrogen) atoms. The maximum absolute atomic E-state index is 12.4. The quantitative estimate of drug-likeness (QED) is 0.696. The summed E-state index contributed by atoms with van der Waals surface area (Å²) in [7, 11) is -2.64. The molecule has 0 spiro atoms. The minimum atomic E-state index is -4.00. The van der Waals surface area contributed by atoms with Crippen molar-refractivity contribution >= 4 is 43.7 Å². The molecule has 0 bridgehead atoms. The van der Waals surface area contributed by atoms with Gasteiger partial charge in [0.2, 0.25) is 10.0 Å². The highest BCUT2D eigenvalue weighted by atomic mass is 79.9. The molecule has 1 aromatic rings. The Bertz CT molecular complexity index is 606. The Morgan fingerprint density at radius 1 is 1.52 bits per heavy atom. The summed E-state index contributed by atoms with van der Waals surface area (Å²) in [6, 6.07) is 3.33. The fraction of sp³-hybridized carbons (Fsp3) is 0.417. The van der Waals surface area contributed by atoms with Crippen LogP contribution in [0, 0.1) is 0 Å². The molecule has 0 amide bonds. The molecule has 118 valence electrons. The molecule has 0 radical (unpaired) electrons. The maximum Gasteiger partial charge on any atom is 0.321 e. The van der Waals surface area contributed by atoms with E-state index in [9.17, 15) is 13.2 Å². The monoisotopic (exact) mass is 397 g/mol. The molecule has 1 rings (SSSR count). The second-order valence-electron chi connectivity index (χ2n) is 4.09. The van der Waals surface area contributed by atoms with E-state index in [2.05, 4.69) is 20.7 Å². The van der Waals surface area contributed by atoms with Crippen LogP contribution in [0.3, 0.4) is 0 Å². The molecule has 6 nitrogen and oxygen atoms in total. The fourth-order valence-corrected chi connectivity index (χ4v) is 3.98. The summed E-state index contributed by atoms with van der Waals surface area (Å²) in [6.45, 7) is 0. The predicted octanol–water partition coefficient (Wildman–Crippen LogP) is 1.94. The van der Waals surface area contributed by atoms with Crippen LogP contribution in [0.5, 0.6) is 5.75 Å². The summed E-state index contributed by atoms with van der Waals surface area (Å²) in [5.41, 5.74) is 0. The molecule has 0 aromatic heterocycles. The standard InChI is InChI=1S/C12H16BrNO5S2/c1-19-10-4-3-8(13)7-11(10)21(17,18)14-9(12(15)16)5-6-20-2/h3-4,7,9,14H,5-6H2,1-2H3,(H,15,16)/t9-/m1/s1. The zero-order valence-corrected chi connectivity index (χ0v) is 14.7. The highest BCUT2D eigenvalue weighted by Crippen LogP contribution is 2.27. The van der Waals surface area contributed by atoms with E-state index < -0.39 is 22.0 Å². The average molecular weight is 398 g/mol. The number of nitrogens with one attached hydrogen (secondary N) is 1. The Morgan fingerprint density at radius 2 is 2.19 bits per heavy atom. The molecule has 0 aliphatic rings. The van der Waals surface area contributed by atoms with Gasteiger partial charge in [-0.2, -0.15) is 16.5 Å². The van der Waals surface area contributed by atoms with Crippen LogP contribution in [-0.2, 0) is 14.8 Å². The molecule has 0 saturated carbocycles. The van der Waals surface area contributed by atoms with Gasteiger partial charge in [-0.25, -0.2) is 8.42 Å². The van der Waals surface area contributed by atoms with Gasteiger partial charge in [0, 0.05) is 4.47 Å². The van der Waals surface area contributed by atoms with Gasteiger partial charge in [0.25, 0.3) is 0 Å². The van der Waals surface area contributed by atoms with Crippen molar-refractivity contribution in [3.8, 4) is 5.75 Å². The largest absolute Gasteiger partial charge is 0.495 e. The van der Waals surface area contributed by atoms with E-state index in [0.29, 0.717) is 10.2 Å². The maximum atomic E-state index is 12.4. The van der Waals surface area contributed by atoms with Gasteiger partial charge in [-0.1, -0.05) is 15.9 Å². The Balaban J connectivity index is 3.09. The molecule has 0 heterocycles. The lowest BCUT2D eigenvalue weighted by atomic mass is 10.2. The molecule has 0 aliphatic heterocycles. The number of methoxy groups -OCH3 is 1. The summed E-state index contributed by atoms with van der Waals surface area (Å²) in [5, 5.41) is 9.11. The predicted molar refractivity (Wildman–Crippen MR) is 85.4 cm³/mol. The van der Waals surface area contributed by atoms with E-state index >= 15 is 0 Å². The van der Waals surface area contributed by atoms with Crippen molar-refractivity contribution in [1.82, 2.24) is 4.72 Å². The highest BCUT2D eigenvalue weighted by Gasteiger charge is 2.27. The van der Waals surface area contributed by atoms with Gasteiger partial charge in [-0.3, -0.25) is 4.79 Å². The smallest absolute Gasteiger partial charge is 0.321 e. The number of aliphatic carboxylic acids is 1. The lowest BCUT2D eigenvalue weighted by molar-refractivity contribution is -0.139. The minimum Gasteiger partial charge on any atom is -0.495 e. The third-order valence-corrected chi connectivity index (χ3v) is 5.25. The molecule has 9 heteroatoms. The van der Waals surface area contributed by atoms with Gasteiger partial charge >= 0.3 is 5.97 Å². The SMILES string of the molecule is COc1ccc(Br)cc1S(=O)(=O)N[C@H](CCSC)C(=O)O. The van der Waals surface area contributed by atoms with E-state index in [1.54, 1.807) is 6.07 Å². The van der Waals surface area contributed by atoms with Crippen molar-refractivity contribution in [2.24, 2.45) is 0 Å². The first kappa shape index (κ1) is 18.3. The number of halogens is 1. The fourth-order valence-electron chi connectivity index (χ4n) is 1.58. The van der Waals surface area contributed by atoms with Gasteiger partial charge in [0.1, 0.15) is 16.7 Å². The van der Waals surface area contributed by atoms with Crippen LogP contribution in [0.2, 0.25) is 0 Å². The van der Waals surface area contributed by atoms with Gasteiger partial charge in [0.15, 0.2) is 0 Å². The number of ether oxygens (including phenoxy) is 1. The highest BCUT2D eigenvalue weighted by molar-refractivity contribution is 9.10. The summed E-state index contributed by atoms with van der Waals surface area (Å²) in [5.74, 6) is -0.518. The van der Waals surface area contributed by atoms with Crippen molar-refractivity contribution in [1.29, 1.82) is 0 Å². The van der Waals surface area contributed by atoms with Crippen LogP contribution in [0.25, 0.3) is 0 Å². The second kappa shape index (κ2) is 8.02. The van der Waals surface area contributed by atoms with Crippen LogP contribution in [0.15, 0.2) is 27.6 Å². The first-order valence-corrected chi connectivity index (χ1v) is 9.56. The number of carbonyl (C=O) groups is 1. The van der Waals surface area contributed by atoms with Crippen LogP contribution in [-0.4, -0.2) is 44.7 Å². The Labute approximate surface area is 136 Å². The summed E-state index contributed by atoms with van der Waals surface area (Å²) < 4.78 is 32.5. The summed E-state index contributed by atoms with van der Waals surface area (Å²) >= 11 is 4.64. The molecule has 2 N–H and O–H groups in total. The Hall–Kier alpha value is -0.770. The topological polar surface area (TPSA) is 92.7 Å². The number of benzene rings is 1. The molecule has 0 aliphatic carbocycles. The van der Waals surface area contributed by atoms with Crippen molar-refractivity contribution in [2.75, 3.05) is 19.1 Å². The van der Waals surface area contributed by atoms with E-state index in [4.69, 9.17) is 9.84 Å². The number of carboxylic acid groups (broad SMARTS) is 1. The molecule has 0 unspecified atom stereocenters. The number of carboxylic acids is 1. The zero-order valence-electron chi connectivity index (χ0n) is 11.5. The van der Waals surface area contributed by atoms with Crippen molar-refractivity contribution in [3.05, 3.63) is 22.7 Å². The summed E-state index contributed by atoms with van der Waals surface area (Å²) in [4.78, 5) is 11.1. The molecule has 1 atom stereocenters. The average Bonchev–Trinajstić information content (AvgIpc) is 2.43. The van der Waals surface area contributed by atoms with Gasteiger partial charge in [-0.15, -0.1) is 0 Å². The second-order valence-corrected chi connectivity index (χ2v) is 7.67. The van der Waals surface area contributed by atoms with Crippen LogP contribution in [0.4, 0.5) is 0 Å². The normalized spacial score (nSPS) is 12.9. The van der Waals surface area contributed by atoms with E-state index in [1.165, 1.54) is 31.0 Å². The minimum absolute atomic E-state index is 0.102. The Morgan fingerprint density at radius 3 is 2.71 bits per heavy atom. The lowest BCUT2D eigenvalue weighted by Gasteiger charge is -2.16. The van der Waals surface area contributed by atoms with Crippen LogP contribution < -0.4 is 9.46 Å². The number of hydrogen-bond donors (Lipinski definition) is 2. The number of thioether (sulfide) groups is 1. The first-order valence-electron chi connectivity index (χ1n) is 5.89. The number of sulfonamides is 1. The van der Waals surface area contributed by atoms with Crippen LogP contribution >= 0.6 is 27.7 Å². The molecule has 0 fully saturated rings. The van der Waals surface area contributed by atoms with E-state index in [-0.39, 0.29) is 17.1 Å². The van der Waals surface area contributed by atoms with Crippen LogP contribution in [0.1, 0.15) is 6.42 Å². The molecular formula is C12H16BrNO5S2. The van der Waals surface area contributed by atoms with Gasteiger partial charge in [0.05, 0.1) is 7.11 Å². The Kier molecular flexibility index (Phi) is 6.98. The van der Waals surface area contributed by atoms with Gasteiger partial charge in [-0.05, 0) is 36.6 Å². The van der Waals surface area contributed by atoms with Crippen molar-refractivity contribution in [2.45, 2.75) is 17.4 Å². The lowest BCUT2D eigenvalue weighted by Crippen LogP contribution is -2.41. The number of hydrogen-bond acceptors (Lipinski definition) is 5. The number of rotatable bonds is 8. The summed E-state index contributed by atoms with van der Waals surface area (Å²) in [6.07, 6.45) is 2.02.